The fourth-order valence-corrected chi connectivity index (χ4v) is 6.54. The predicted octanol–water partition coefficient (Wildman–Crippen LogP) is 5.11. The number of rotatable bonds is 8. The molecule has 0 radical (unpaired) electrons. The Morgan fingerprint density at radius 2 is 1.85 bits per heavy atom. The van der Waals surface area contributed by atoms with Gasteiger partial charge in [0.15, 0.2) is 0 Å². The highest BCUT2D eigenvalue weighted by Crippen LogP contribution is 2.38. The van der Waals surface area contributed by atoms with E-state index < -0.39 is 32.5 Å². The van der Waals surface area contributed by atoms with Crippen molar-refractivity contribution in [2.45, 2.75) is 48.7 Å². The molecule has 2 aromatic carbocycles. The van der Waals surface area contributed by atoms with E-state index >= 15 is 4.39 Å². The summed E-state index contributed by atoms with van der Waals surface area (Å²) in [7, 11) is -4.20. The monoisotopic (exact) mass is 563 g/mol. The van der Waals surface area contributed by atoms with Crippen LogP contribution in [0.25, 0.3) is 0 Å². The van der Waals surface area contributed by atoms with Gasteiger partial charge >= 0.3 is 6.18 Å². The lowest BCUT2D eigenvalue weighted by Crippen LogP contribution is -2.63. The molecule has 1 N–H and O–H groups in total. The number of sulfonamides is 1. The third-order valence-electron chi connectivity index (χ3n) is 7.61. The first-order valence-corrected chi connectivity index (χ1v) is 14.3. The van der Waals surface area contributed by atoms with Crippen LogP contribution in [0.15, 0.2) is 66.0 Å². The number of halogens is 4. The van der Waals surface area contributed by atoms with Crippen molar-refractivity contribution >= 4 is 21.5 Å². The molecule has 7 nitrogen and oxygen atoms in total. The van der Waals surface area contributed by atoms with E-state index in [0.29, 0.717) is 37.2 Å². The highest BCUT2D eigenvalue weighted by atomic mass is 32.2. The number of benzene rings is 2. The highest BCUT2D eigenvalue weighted by Gasteiger charge is 2.43. The van der Waals surface area contributed by atoms with Crippen molar-refractivity contribution in [3.05, 3.63) is 78.0 Å². The van der Waals surface area contributed by atoms with E-state index in [1.807, 2.05) is 4.90 Å². The largest absolute Gasteiger partial charge is 0.416 e. The Kier molecular flexibility index (Phi) is 7.51. The summed E-state index contributed by atoms with van der Waals surface area (Å²) in [5, 5.41) is 0. The summed E-state index contributed by atoms with van der Waals surface area (Å²) in [6.07, 6.45) is 2.11. The van der Waals surface area contributed by atoms with Crippen molar-refractivity contribution < 1.29 is 26.0 Å². The number of anilines is 2. The molecule has 0 aliphatic carbocycles. The van der Waals surface area contributed by atoms with Gasteiger partial charge in [-0.3, -0.25) is 9.62 Å². The molecule has 2 saturated heterocycles. The molecule has 12 heteroatoms. The molecule has 1 unspecified atom stereocenters. The van der Waals surface area contributed by atoms with E-state index in [-0.39, 0.29) is 11.4 Å². The maximum absolute atomic E-state index is 15.2. The van der Waals surface area contributed by atoms with Crippen LogP contribution in [0.5, 0.6) is 0 Å². The number of nitrogens with one attached hydrogen (secondary N) is 1. The number of alkyl halides is 3. The zero-order valence-corrected chi connectivity index (χ0v) is 22.0. The number of aryl methyl sites for hydroxylation is 1. The molecule has 5 rings (SSSR count). The van der Waals surface area contributed by atoms with Gasteiger partial charge < -0.3 is 4.90 Å². The average Bonchev–Trinajstić information content (AvgIpc) is 2.86. The maximum Gasteiger partial charge on any atom is 0.416 e. The van der Waals surface area contributed by atoms with Crippen LogP contribution in [0.4, 0.5) is 29.1 Å². The molecule has 0 saturated carbocycles. The first kappa shape index (κ1) is 27.3. The van der Waals surface area contributed by atoms with Crippen LogP contribution in [-0.4, -0.2) is 55.0 Å². The van der Waals surface area contributed by atoms with Gasteiger partial charge in [0.1, 0.15) is 22.9 Å². The third-order valence-corrected chi connectivity index (χ3v) is 8.99. The Hall–Kier alpha value is -3.25. The van der Waals surface area contributed by atoms with Gasteiger partial charge in [-0.2, -0.15) is 13.2 Å². The van der Waals surface area contributed by atoms with Gasteiger partial charge in [-0.05, 0) is 81.1 Å². The number of piperidine rings is 1. The summed E-state index contributed by atoms with van der Waals surface area (Å²) in [5.74, 6) is -0.845. The van der Waals surface area contributed by atoms with Crippen LogP contribution in [-0.2, 0) is 22.6 Å². The molecule has 0 bridgehead atoms. The summed E-state index contributed by atoms with van der Waals surface area (Å²) >= 11 is 0. The van der Waals surface area contributed by atoms with Crippen LogP contribution in [0.1, 0.15) is 36.8 Å². The zero-order valence-electron chi connectivity index (χ0n) is 21.2. The quantitative estimate of drug-likeness (QED) is 0.384. The van der Waals surface area contributed by atoms with Gasteiger partial charge in [-0.15, -0.1) is 0 Å². The number of aromatic nitrogens is 2. The van der Waals surface area contributed by atoms with Crippen molar-refractivity contribution in [2.75, 3.05) is 35.8 Å². The molecule has 2 fully saturated rings. The predicted molar refractivity (Wildman–Crippen MR) is 139 cm³/mol. The lowest BCUT2D eigenvalue weighted by molar-refractivity contribution is -0.137. The molecule has 1 aromatic heterocycles. The van der Waals surface area contributed by atoms with Gasteiger partial charge in [0.25, 0.3) is 10.0 Å². The first-order valence-electron chi connectivity index (χ1n) is 12.8. The van der Waals surface area contributed by atoms with Gasteiger partial charge in [0.2, 0.25) is 0 Å². The van der Waals surface area contributed by atoms with Gasteiger partial charge in [-0.1, -0.05) is 18.2 Å². The minimum atomic E-state index is -4.39. The van der Waals surface area contributed by atoms with E-state index in [4.69, 9.17) is 0 Å². The normalized spacial score (nSPS) is 20.5. The standard InChI is InChI=1S/C27H29F4N5O2S/c28-23-17-22(6-7-24(23)39(37,38)34-25-9-12-32-19-33-25)35-13-2-10-26(18-35,36-14-3-15-36)11-8-20-4-1-5-21(16-20)27(29,30)31/h1,4-7,9,12,16-17,19H,2-3,8,10-11,13-15,18H2,(H,32,33,34). The molecule has 3 aromatic rings. The Labute approximate surface area is 224 Å². The Balaban J connectivity index is 1.34. The Morgan fingerprint density at radius 3 is 2.51 bits per heavy atom. The smallest absolute Gasteiger partial charge is 0.370 e. The number of likely N-dealkylation sites (tertiary alicyclic amines) is 1. The second kappa shape index (κ2) is 10.7. The fraction of sp³-hybridized carbons (Fsp3) is 0.407. The highest BCUT2D eigenvalue weighted by molar-refractivity contribution is 7.92. The van der Waals surface area contributed by atoms with Crippen LogP contribution in [0.3, 0.4) is 0 Å². The third kappa shape index (κ3) is 6.01. The summed E-state index contributed by atoms with van der Waals surface area (Å²) in [5.41, 5.74) is 0.291. The van der Waals surface area contributed by atoms with Gasteiger partial charge in [0.05, 0.1) is 5.56 Å². The van der Waals surface area contributed by atoms with Gasteiger partial charge in [0, 0.05) is 30.5 Å². The number of hydrogen-bond acceptors (Lipinski definition) is 6. The first-order chi connectivity index (χ1) is 18.6. The van der Waals surface area contributed by atoms with E-state index in [0.717, 1.165) is 38.4 Å². The van der Waals surface area contributed by atoms with E-state index in [1.54, 1.807) is 12.1 Å². The second-order valence-corrected chi connectivity index (χ2v) is 11.8. The van der Waals surface area contributed by atoms with Crippen LogP contribution >= 0.6 is 0 Å². The van der Waals surface area contributed by atoms with Crippen LogP contribution < -0.4 is 9.62 Å². The maximum atomic E-state index is 15.2. The van der Waals surface area contributed by atoms with Crippen molar-refractivity contribution in [2.24, 2.45) is 0 Å². The number of nitrogens with zero attached hydrogens (tertiary/aromatic N) is 4. The number of hydrogen-bond donors (Lipinski definition) is 1. The second-order valence-electron chi connectivity index (χ2n) is 10.1. The molecular formula is C27H29F4N5O2S. The fourth-order valence-electron chi connectivity index (χ4n) is 5.47. The molecule has 208 valence electrons. The molecule has 0 amide bonds. The molecule has 0 spiro atoms. The SMILES string of the molecule is O=S(=O)(Nc1ccncn1)c1ccc(N2CCCC(CCc3cccc(C(F)(F)F)c3)(N3CCC3)C2)cc1F. The van der Waals surface area contributed by atoms with E-state index in [1.165, 1.54) is 42.9 Å². The average molecular weight is 564 g/mol. The minimum absolute atomic E-state index is 0.0320. The van der Waals surface area contributed by atoms with Crippen molar-refractivity contribution in [1.82, 2.24) is 14.9 Å². The molecule has 3 heterocycles. The molecule has 2 aliphatic heterocycles. The summed E-state index contributed by atoms with van der Waals surface area (Å²) < 4.78 is 82.6. The Bertz CT molecular complexity index is 1420. The van der Waals surface area contributed by atoms with Gasteiger partial charge in [-0.25, -0.2) is 22.8 Å². The molecule has 39 heavy (non-hydrogen) atoms. The van der Waals surface area contributed by atoms with Crippen molar-refractivity contribution in [3.63, 3.8) is 0 Å². The zero-order chi connectivity index (χ0) is 27.7. The molecular weight excluding hydrogens is 534 g/mol. The summed E-state index contributed by atoms with van der Waals surface area (Å²) in [6, 6.07) is 10.9. The Morgan fingerprint density at radius 1 is 1.03 bits per heavy atom. The lowest BCUT2D eigenvalue weighted by atomic mass is 9.80. The molecule has 2 aliphatic rings. The van der Waals surface area contributed by atoms with Crippen molar-refractivity contribution in [1.29, 1.82) is 0 Å². The lowest BCUT2D eigenvalue weighted by Gasteiger charge is -2.54. The minimum Gasteiger partial charge on any atom is -0.370 e. The summed E-state index contributed by atoms with van der Waals surface area (Å²) in [6.45, 7) is 3.08. The molecule has 1 atom stereocenters. The van der Waals surface area contributed by atoms with Crippen molar-refractivity contribution in [3.8, 4) is 0 Å². The van der Waals surface area contributed by atoms with Crippen LogP contribution in [0.2, 0.25) is 0 Å². The van der Waals surface area contributed by atoms with Crippen LogP contribution in [0, 0.1) is 5.82 Å². The topological polar surface area (TPSA) is 78.4 Å². The van der Waals surface area contributed by atoms with E-state index in [9.17, 15) is 21.6 Å². The summed E-state index contributed by atoms with van der Waals surface area (Å²) in [4.78, 5) is 11.5. The van der Waals surface area contributed by atoms with E-state index in [2.05, 4.69) is 19.6 Å².